The van der Waals surface area contributed by atoms with Gasteiger partial charge in [-0.25, -0.2) is 9.67 Å². The highest BCUT2D eigenvalue weighted by molar-refractivity contribution is 6.40. The van der Waals surface area contributed by atoms with Crippen molar-refractivity contribution >= 4 is 51.5 Å². The van der Waals surface area contributed by atoms with Gasteiger partial charge in [0.1, 0.15) is 16.9 Å². The van der Waals surface area contributed by atoms with Crippen LogP contribution in [0.2, 0.25) is 15.1 Å². The number of rotatable bonds is 5. The topological polar surface area (TPSA) is 66.8 Å². The molecule has 0 saturated heterocycles. The summed E-state index contributed by atoms with van der Waals surface area (Å²) >= 11 is 19.0. The van der Waals surface area contributed by atoms with Crippen molar-refractivity contribution in [2.45, 2.75) is 26.2 Å². The van der Waals surface area contributed by atoms with Gasteiger partial charge in [-0.15, -0.1) is 0 Å². The van der Waals surface area contributed by atoms with Gasteiger partial charge in [0.15, 0.2) is 5.65 Å². The molecule has 0 saturated carbocycles. The SMILES string of the molecule is CC(C)c1nn(-c2c(Cl)cc(Cl)cc2Cl)c2nc(Cc3ccc(N(C)C)cc3)[nH]c(=O)c12. The first-order valence-electron chi connectivity index (χ1n) is 10.1. The summed E-state index contributed by atoms with van der Waals surface area (Å²) in [5, 5.41) is 6.15. The number of H-pyrrole nitrogens is 1. The Morgan fingerprint density at radius 1 is 1.06 bits per heavy atom. The third-order valence-corrected chi connectivity index (χ3v) is 5.97. The molecule has 4 aromatic rings. The van der Waals surface area contributed by atoms with Gasteiger partial charge in [0.05, 0.1) is 15.7 Å². The Kier molecular flexibility index (Phi) is 6.21. The van der Waals surface area contributed by atoms with Crippen LogP contribution < -0.4 is 10.5 Å². The molecule has 9 heteroatoms. The van der Waals surface area contributed by atoms with Gasteiger partial charge >= 0.3 is 0 Å². The molecule has 4 rings (SSSR count). The Bertz CT molecular complexity index is 1330. The van der Waals surface area contributed by atoms with Crippen LogP contribution in [0, 0.1) is 0 Å². The molecule has 0 unspecified atom stereocenters. The fraction of sp³-hybridized carbons (Fsp3) is 0.261. The minimum atomic E-state index is -0.244. The van der Waals surface area contributed by atoms with Crippen molar-refractivity contribution in [2.24, 2.45) is 0 Å². The van der Waals surface area contributed by atoms with E-state index in [0.29, 0.717) is 49.7 Å². The second-order valence-corrected chi connectivity index (χ2v) is 9.37. The van der Waals surface area contributed by atoms with Gasteiger partial charge in [-0.1, -0.05) is 60.8 Å². The molecule has 0 aliphatic carbocycles. The summed E-state index contributed by atoms with van der Waals surface area (Å²) in [4.78, 5) is 22.8. The van der Waals surface area contributed by atoms with E-state index in [1.54, 1.807) is 16.8 Å². The van der Waals surface area contributed by atoms with Crippen LogP contribution in [-0.4, -0.2) is 33.8 Å². The highest BCUT2D eigenvalue weighted by Crippen LogP contribution is 2.34. The van der Waals surface area contributed by atoms with Crippen LogP contribution >= 0.6 is 34.8 Å². The number of nitrogens with one attached hydrogen (secondary N) is 1. The summed E-state index contributed by atoms with van der Waals surface area (Å²) in [6.45, 7) is 3.94. The van der Waals surface area contributed by atoms with Crippen LogP contribution in [0.25, 0.3) is 16.7 Å². The maximum absolute atomic E-state index is 13.1. The number of hydrogen-bond acceptors (Lipinski definition) is 4. The number of hydrogen-bond donors (Lipinski definition) is 1. The number of aromatic nitrogens is 4. The van der Waals surface area contributed by atoms with Crippen LogP contribution in [0.4, 0.5) is 5.69 Å². The van der Waals surface area contributed by atoms with Crippen molar-refractivity contribution in [3.8, 4) is 5.69 Å². The Morgan fingerprint density at radius 3 is 2.25 bits per heavy atom. The van der Waals surface area contributed by atoms with Crippen molar-refractivity contribution in [2.75, 3.05) is 19.0 Å². The average Bonchev–Trinajstić information content (AvgIpc) is 3.08. The zero-order valence-electron chi connectivity index (χ0n) is 18.1. The van der Waals surface area contributed by atoms with Crippen LogP contribution in [0.5, 0.6) is 0 Å². The van der Waals surface area contributed by atoms with E-state index >= 15 is 0 Å². The molecule has 0 radical (unpaired) electrons. The maximum atomic E-state index is 13.1. The standard InChI is InChI=1S/C23H22Cl3N5O/c1-12(2)20-19-22(31(29-20)21-16(25)10-14(24)11-17(21)26)27-18(28-23(19)32)9-13-5-7-15(8-6-13)30(3)4/h5-8,10-12H,9H2,1-4H3,(H,27,28,32). The maximum Gasteiger partial charge on any atom is 0.262 e. The van der Waals surface area contributed by atoms with E-state index in [2.05, 4.69) is 10.1 Å². The lowest BCUT2D eigenvalue weighted by Crippen LogP contribution is -2.14. The van der Waals surface area contributed by atoms with Crippen LogP contribution in [0.1, 0.15) is 36.8 Å². The average molecular weight is 491 g/mol. The molecule has 2 aromatic heterocycles. The molecule has 0 aliphatic heterocycles. The number of aromatic amines is 1. The summed E-state index contributed by atoms with van der Waals surface area (Å²) in [6, 6.07) is 11.3. The molecule has 1 N–H and O–H groups in total. The van der Waals surface area contributed by atoms with E-state index in [1.807, 2.05) is 57.1 Å². The summed E-state index contributed by atoms with van der Waals surface area (Å²) in [6.07, 6.45) is 0.461. The van der Waals surface area contributed by atoms with E-state index in [9.17, 15) is 4.79 Å². The number of halogens is 3. The van der Waals surface area contributed by atoms with E-state index in [4.69, 9.17) is 39.8 Å². The molecular weight excluding hydrogens is 469 g/mol. The van der Waals surface area contributed by atoms with Gasteiger partial charge < -0.3 is 9.88 Å². The van der Waals surface area contributed by atoms with Gasteiger partial charge in [-0.2, -0.15) is 5.10 Å². The van der Waals surface area contributed by atoms with Crippen molar-refractivity contribution in [1.82, 2.24) is 19.7 Å². The molecule has 0 atom stereocenters. The van der Waals surface area contributed by atoms with Crippen molar-refractivity contribution in [3.63, 3.8) is 0 Å². The first-order valence-corrected chi connectivity index (χ1v) is 11.2. The molecule has 2 aromatic carbocycles. The lowest BCUT2D eigenvalue weighted by molar-refractivity contribution is 0.776. The zero-order chi connectivity index (χ0) is 23.2. The van der Waals surface area contributed by atoms with Gasteiger partial charge in [0, 0.05) is 31.2 Å². The van der Waals surface area contributed by atoms with E-state index < -0.39 is 0 Å². The largest absolute Gasteiger partial charge is 0.378 e. The van der Waals surface area contributed by atoms with Crippen LogP contribution in [0.15, 0.2) is 41.2 Å². The monoisotopic (exact) mass is 489 g/mol. The Morgan fingerprint density at radius 2 is 1.69 bits per heavy atom. The fourth-order valence-electron chi connectivity index (χ4n) is 3.58. The lowest BCUT2D eigenvalue weighted by Gasteiger charge is -2.12. The van der Waals surface area contributed by atoms with Gasteiger partial charge in [-0.3, -0.25) is 4.79 Å². The molecule has 2 heterocycles. The number of nitrogens with zero attached hydrogens (tertiary/aromatic N) is 4. The molecule has 0 amide bonds. The molecule has 0 bridgehead atoms. The van der Waals surface area contributed by atoms with E-state index in [-0.39, 0.29) is 11.5 Å². The van der Waals surface area contributed by atoms with Gasteiger partial charge in [0.2, 0.25) is 0 Å². The highest BCUT2D eigenvalue weighted by Gasteiger charge is 2.23. The number of anilines is 1. The predicted molar refractivity (Wildman–Crippen MR) is 132 cm³/mol. The summed E-state index contributed by atoms with van der Waals surface area (Å²) in [7, 11) is 3.98. The van der Waals surface area contributed by atoms with E-state index in [0.717, 1.165) is 11.3 Å². The van der Waals surface area contributed by atoms with Crippen molar-refractivity contribution in [1.29, 1.82) is 0 Å². The summed E-state index contributed by atoms with van der Waals surface area (Å²) < 4.78 is 1.54. The van der Waals surface area contributed by atoms with Gasteiger partial charge in [0.25, 0.3) is 5.56 Å². The Balaban J connectivity index is 1.89. The van der Waals surface area contributed by atoms with Crippen LogP contribution in [0.3, 0.4) is 0 Å². The normalized spacial score (nSPS) is 11.5. The third kappa shape index (κ3) is 4.22. The molecule has 32 heavy (non-hydrogen) atoms. The van der Waals surface area contributed by atoms with Crippen molar-refractivity contribution < 1.29 is 0 Å². The highest BCUT2D eigenvalue weighted by atomic mass is 35.5. The van der Waals surface area contributed by atoms with Crippen molar-refractivity contribution in [3.05, 3.63) is 78.9 Å². The number of fused-ring (bicyclic) bond motifs is 1. The second-order valence-electron chi connectivity index (χ2n) is 8.12. The number of benzene rings is 2. The van der Waals surface area contributed by atoms with Gasteiger partial charge in [-0.05, 0) is 35.7 Å². The van der Waals surface area contributed by atoms with E-state index in [1.165, 1.54) is 0 Å². The second kappa shape index (κ2) is 8.77. The molecular formula is C23H22Cl3N5O. The predicted octanol–water partition coefficient (Wildman–Crippen LogP) is 5.85. The lowest BCUT2D eigenvalue weighted by atomic mass is 10.1. The summed E-state index contributed by atoms with van der Waals surface area (Å²) in [5.74, 6) is 0.522. The fourth-order valence-corrected chi connectivity index (χ4v) is 4.56. The molecule has 6 nitrogen and oxygen atoms in total. The smallest absolute Gasteiger partial charge is 0.262 e. The Labute approximate surface area is 200 Å². The minimum absolute atomic E-state index is 0.00377. The minimum Gasteiger partial charge on any atom is -0.378 e. The molecule has 0 spiro atoms. The zero-order valence-corrected chi connectivity index (χ0v) is 20.3. The molecule has 0 aliphatic rings. The van der Waals surface area contributed by atoms with Crippen LogP contribution in [-0.2, 0) is 6.42 Å². The molecule has 0 fully saturated rings. The first-order chi connectivity index (χ1) is 15.2. The first kappa shape index (κ1) is 22.6. The third-order valence-electron chi connectivity index (χ3n) is 5.18. The molecule has 166 valence electrons. The quantitative estimate of drug-likeness (QED) is 0.381. The summed E-state index contributed by atoms with van der Waals surface area (Å²) in [5.41, 5.74) is 3.34. The Hall–Kier alpha value is -2.54.